The molecule has 19 heavy (non-hydrogen) atoms. The molecule has 1 saturated heterocycles. The lowest BCUT2D eigenvalue weighted by Gasteiger charge is -2.38. The van der Waals surface area contributed by atoms with Crippen LogP contribution in [0.1, 0.15) is 44.8 Å². The predicted molar refractivity (Wildman–Crippen MR) is 68.5 cm³/mol. The number of hydrogen-bond donors (Lipinski definition) is 1. The highest BCUT2D eigenvalue weighted by molar-refractivity contribution is 5.75. The maximum atomic E-state index is 11.5. The van der Waals surface area contributed by atoms with Gasteiger partial charge in [0.15, 0.2) is 5.82 Å². The van der Waals surface area contributed by atoms with Gasteiger partial charge in [-0.3, -0.25) is 9.69 Å². The first-order chi connectivity index (χ1) is 9.09. The second-order valence-electron chi connectivity index (χ2n) is 5.21. The SMILES string of the molecule is CCc1noc(CN2CCCC(CC)(C(=O)O)C2)n1. The Hall–Kier alpha value is -1.43. The number of likely N-dealkylation sites (tertiary alicyclic amines) is 1. The van der Waals surface area contributed by atoms with Crippen molar-refractivity contribution in [1.29, 1.82) is 0 Å². The van der Waals surface area contributed by atoms with Crippen LogP contribution in [0.25, 0.3) is 0 Å². The van der Waals surface area contributed by atoms with Gasteiger partial charge < -0.3 is 9.63 Å². The van der Waals surface area contributed by atoms with Crippen LogP contribution in [0.4, 0.5) is 0 Å². The second-order valence-corrected chi connectivity index (χ2v) is 5.21. The van der Waals surface area contributed by atoms with Crippen molar-refractivity contribution in [1.82, 2.24) is 15.0 Å². The van der Waals surface area contributed by atoms with E-state index >= 15 is 0 Å². The first-order valence-corrected chi connectivity index (χ1v) is 6.87. The molecule has 1 aliphatic rings. The smallest absolute Gasteiger partial charge is 0.310 e. The predicted octanol–water partition coefficient (Wildman–Crippen LogP) is 1.71. The molecule has 1 aliphatic heterocycles. The first-order valence-electron chi connectivity index (χ1n) is 6.87. The summed E-state index contributed by atoms with van der Waals surface area (Å²) < 4.78 is 5.17. The summed E-state index contributed by atoms with van der Waals surface area (Å²) >= 11 is 0. The van der Waals surface area contributed by atoms with Gasteiger partial charge in [0, 0.05) is 13.0 Å². The van der Waals surface area contributed by atoms with Crippen molar-refractivity contribution >= 4 is 5.97 Å². The van der Waals surface area contributed by atoms with Gasteiger partial charge >= 0.3 is 5.97 Å². The van der Waals surface area contributed by atoms with Gasteiger partial charge in [0.2, 0.25) is 5.89 Å². The molecule has 0 aliphatic carbocycles. The summed E-state index contributed by atoms with van der Waals surface area (Å²) in [6.45, 7) is 5.91. The minimum atomic E-state index is -0.695. The third kappa shape index (κ3) is 2.94. The third-order valence-corrected chi connectivity index (χ3v) is 3.97. The summed E-state index contributed by atoms with van der Waals surface area (Å²) in [6.07, 6.45) is 3.05. The molecule has 0 radical (unpaired) electrons. The van der Waals surface area contributed by atoms with E-state index in [1.54, 1.807) is 0 Å². The maximum Gasteiger partial charge on any atom is 0.310 e. The number of carboxylic acid groups (broad SMARTS) is 1. The molecule has 0 amide bonds. The van der Waals surface area contributed by atoms with Crippen molar-refractivity contribution in [3.05, 3.63) is 11.7 Å². The van der Waals surface area contributed by atoms with E-state index in [0.717, 1.165) is 25.8 Å². The summed E-state index contributed by atoms with van der Waals surface area (Å²) in [5.74, 6) is 0.584. The molecule has 6 heteroatoms. The molecule has 0 spiro atoms. The number of aryl methyl sites for hydroxylation is 1. The number of rotatable bonds is 5. The summed E-state index contributed by atoms with van der Waals surface area (Å²) in [7, 11) is 0. The van der Waals surface area contributed by atoms with Crippen molar-refractivity contribution in [3.63, 3.8) is 0 Å². The minimum Gasteiger partial charge on any atom is -0.481 e. The van der Waals surface area contributed by atoms with Crippen LogP contribution in [-0.2, 0) is 17.8 Å². The summed E-state index contributed by atoms with van der Waals surface area (Å²) in [5.41, 5.74) is -0.619. The molecule has 2 heterocycles. The average molecular weight is 267 g/mol. The minimum absolute atomic E-state index is 0.544. The zero-order valence-electron chi connectivity index (χ0n) is 11.6. The number of nitrogens with zero attached hydrogens (tertiary/aromatic N) is 3. The first kappa shape index (κ1) is 14.0. The number of carboxylic acids is 1. The van der Waals surface area contributed by atoms with E-state index in [-0.39, 0.29) is 0 Å². The summed E-state index contributed by atoms with van der Waals surface area (Å²) in [6, 6.07) is 0. The van der Waals surface area contributed by atoms with Crippen LogP contribution >= 0.6 is 0 Å². The molecule has 0 aromatic carbocycles. The molecule has 1 fully saturated rings. The molecule has 1 atom stereocenters. The highest BCUT2D eigenvalue weighted by Gasteiger charge is 2.40. The Morgan fingerprint density at radius 3 is 2.89 bits per heavy atom. The number of hydrogen-bond acceptors (Lipinski definition) is 5. The van der Waals surface area contributed by atoms with Crippen LogP contribution in [0.2, 0.25) is 0 Å². The van der Waals surface area contributed by atoms with Crippen LogP contribution in [0.15, 0.2) is 4.52 Å². The number of piperidine rings is 1. The molecule has 0 bridgehead atoms. The summed E-state index contributed by atoms with van der Waals surface area (Å²) in [5, 5.41) is 13.3. The number of carbonyl (C=O) groups is 1. The Balaban J connectivity index is 2.03. The molecular formula is C13H21N3O3. The zero-order chi connectivity index (χ0) is 13.9. The quantitative estimate of drug-likeness (QED) is 0.874. The molecule has 6 nitrogen and oxygen atoms in total. The van der Waals surface area contributed by atoms with Crippen molar-refractivity contribution in [2.24, 2.45) is 5.41 Å². The van der Waals surface area contributed by atoms with E-state index in [1.165, 1.54) is 0 Å². The lowest BCUT2D eigenvalue weighted by molar-refractivity contribution is -0.153. The van der Waals surface area contributed by atoms with Crippen molar-refractivity contribution in [2.75, 3.05) is 13.1 Å². The van der Waals surface area contributed by atoms with E-state index in [2.05, 4.69) is 15.0 Å². The lowest BCUT2D eigenvalue weighted by atomic mass is 9.77. The Labute approximate surface area is 112 Å². The molecule has 0 saturated carbocycles. The fourth-order valence-electron chi connectivity index (χ4n) is 2.67. The number of aliphatic carboxylic acids is 1. The third-order valence-electron chi connectivity index (χ3n) is 3.97. The van der Waals surface area contributed by atoms with Gasteiger partial charge in [-0.1, -0.05) is 19.0 Å². The number of aromatic nitrogens is 2. The van der Waals surface area contributed by atoms with Crippen LogP contribution < -0.4 is 0 Å². The fraction of sp³-hybridized carbons (Fsp3) is 0.769. The molecule has 2 rings (SSSR count). The van der Waals surface area contributed by atoms with E-state index in [0.29, 0.717) is 31.2 Å². The van der Waals surface area contributed by atoms with Crippen molar-refractivity contribution in [2.45, 2.75) is 46.1 Å². The van der Waals surface area contributed by atoms with E-state index in [9.17, 15) is 9.90 Å². The monoisotopic (exact) mass is 267 g/mol. The largest absolute Gasteiger partial charge is 0.481 e. The molecule has 1 unspecified atom stereocenters. The van der Waals surface area contributed by atoms with Gasteiger partial charge in [0.1, 0.15) is 0 Å². The van der Waals surface area contributed by atoms with Gasteiger partial charge in [0.05, 0.1) is 12.0 Å². The molecule has 106 valence electrons. The van der Waals surface area contributed by atoms with Gasteiger partial charge in [-0.05, 0) is 25.8 Å². The van der Waals surface area contributed by atoms with Crippen LogP contribution in [0, 0.1) is 5.41 Å². The Morgan fingerprint density at radius 2 is 2.32 bits per heavy atom. The Kier molecular flexibility index (Phi) is 4.19. The Morgan fingerprint density at radius 1 is 1.53 bits per heavy atom. The second kappa shape index (κ2) is 5.69. The van der Waals surface area contributed by atoms with Crippen LogP contribution in [-0.4, -0.2) is 39.2 Å². The molecule has 1 aromatic rings. The normalized spacial score (nSPS) is 24.5. The summed E-state index contributed by atoms with van der Waals surface area (Å²) in [4.78, 5) is 17.9. The Bertz CT molecular complexity index is 446. The van der Waals surface area contributed by atoms with Crippen molar-refractivity contribution in [3.8, 4) is 0 Å². The van der Waals surface area contributed by atoms with Crippen LogP contribution in [0.5, 0.6) is 0 Å². The molecular weight excluding hydrogens is 246 g/mol. The maximum absolute atomic E-state index is 11.5. The highest BCUT2D eigenvalue weighted by atomic mass is 16.5. The van der Waals surface area contributed by atoms with Gasteiger partial charge in [-0.15, -0.1) is 0 Å². The molecule has 1 aromatic heterocycles. The van der Waals surface area contributed by atoms with E-state index in [4.69, 9.17) is 4.52 Å². The fourth-order valence-corrected chi connectivity index (χ4v) is 2.67. The van der Waals surface area contributed by atoms with Gasteiger partial charge in [-0.2, -0.15) is 4.98 Å². The topological polar surface area (TPSA) is 79.5 Å². The highest BCUT2D eigenvalue weighted by Crippen LogP contribution is 2.34. The average Bonchev–Trinajstić information content (AvgIpc) is 2.86. The van der Waals surface area contributed by atoms with Crippen LogP contribution in [0.3, 0.4) is 0 Å². The van der Waals surface area contributed by atoms with E-state index < -0.39 is 11.4 Å². The standard InChI is InChI=1S/C13H21N3O3/c1-3-10-14-11(19-15-10)8-16-7-5-6-13(4-2,9-16)12(17)18/h3-9H2,1-2H3,(H,17,18). The van der Waals surface area contributed by atoms with Gasteiger partial charge in [0.25, 0.3) is 0 Å². The van der Waals surface area contributed by atoms with E-state index in [1.807, 2.05) is 13.8 Å². The lowest BCUT2D eigenvalue weighted by Crippen LogP contribution is -2.47. The molecule has 1 N–H and O–H groups in total. The zero-order valence-corrected chi connectivity index (χ0v) is 11.6. The van der Waals surface area contributed by atoms with Crippen molar-refractivity contribution < 1.29 is 14.4 Å². The van der Waals surface area contributed by atoms with Gasteiger partial charge in [-0.25, -0.2) is 0 Å².